The molecule has 0 amide bonds. The number of anilines is 1. The topological polar surface area (TPSA) is 77.3 Å². The van der Waals surface area contributed by atoms with Gasteiger partial charge in [-0.2, -0.15) is 0 Å². The molecule has 0 fully saturated rings. The van der Waals surface area contributed by atoms with Crippen molar-refractivity contribution in [1.29, 1.82) is 0 Å². The standard InChI is InChI=1S/C15H17N3O3/c1-11(2)21-15-12(6-5-9-16-15)10-17-13-7-3-4-8-14(13)18(19)20/h3-9,11,17H,10H2,1-2H3. The molecule has 110 valence electrons. The molecule has 0 saturated carbocycles. The van der Waals surface area contributed by atoms with Crippen LogP contribution in [-0.2, 0) is 6.54 Å². The number of pyridine rings is 1. The predicted molar refractivity (Wildman–Crippen MR) is 80.4 cm³/mol. The normalized spacial score (nSPS) is 10.4. The fourth-order valence-corrected chi connectivity index (χ4v) is 1.86. The maximum atomic E-state index is 11.0. The SMILES string of the molecule is CC(C)Oc1ncccc1CNc1ccccc1[N+](=O)[O-]. The molecule has 0 saturated heterocycles. The predicted octanol–water partition coefficient (Wildman–Crippen LogP) is 3.39. The summed E-state index contributed by atoms with van der Waals surface area (Å²) in [6.07, 6.45) is 1.68. The average Bonchev–Trinajstić information content (AvgIpc) is 2.46. The van der Waals surface area contributed by atoms with Gasteiger partial charge in [0.2, 0.25) is 5.88 Å². The van der Waals surface area contributed by atoms with Crippen molar-refractivity contribution < 1.29 is 9.66 Å². The van der Waals surface area contributed by atoms with E-state index in [1.54, 1.807) is 24.4 Å². The first-order chi connectivity index (χ1) is 10.1. The first-order valence-electron chi connectivity index (χ1n) is 6.65. The van der Waals surface area contributed by atoms with E-state index in [9.17, 15) is 10.1 Å². The summed E-state index contributed by atoms with van der Waals surface area (Å²) in [4.78, 5) is 14.8. The van der Waals surface area contributed by atoms with Crippen LogP contribution in [0.25, 0.3) is 0 Å². The Balaban J connectivity index is 2.15. The van der Waals surface area contributed by atoms with E-state index in [1.165, 1.54) is 6.07 Å². The fraction of sp³-hybridized carbons (Fsp3) is 0.267. The number of benzene rings is 1. The molecule has 0 aliphatic rings. The van der Waals surface area contributed by atoms with Crippen LogP contribution in [0.3, 0.4) is 0 Å². The quantitative estimate of drug-likeness (QED) is 0.651. The highest BCUT2D eigenvalue weighted by atomic mass is 16.6. The van der Waals surface area contributed by atoms with Gasteiger partial charge in [0, 0.05) is 24.4 Å². The molecule has 6 heteroatoms. The zero-order valence-corrected chi connectivity index (χ0v) is 11.9. The van der Waals surface area contributed by atoms with E-state index in [-0.39, 0.29) is 11.8 Å². The van der Waals surface area contributed by atoms with Crippen LogP contribution in [0.1, 0.15) is 19.4 Å². The Bertz CT molecular complexity index is 629. The number of nitro benzene ring substituents is 1. The molecular formula is C15H17N3O3. The van der Waals surface area contributed by atoms with E-state index >= 15 is 0 Å². The smallest absolute Gasteiger partial charge is 0.292 e. The summed E-state index contributed by atoms with van der Waals surface area (Å²) in [5.41, 5.74) is 1.37. The van der Waals surface area contributed by atoms with Crippen molar-refractivity contribution in [3.63, 3.8) is 0 Å². The molecule has 0 radical (unpaired) electrons. The number of ether oxygens (including phenoxy) is 1. The van der Waals surface area contributed by atoms with E-state index in [4.69, 9.17) is 4.74 Å². The molecule has 1 aromatic carbocycles. The maximum absolute atomic E-state index is 11.0. The van der Waals surface area contributed by atoms with E-state index in [0.717, 1.165) is 5.56 Å². The lowest BCUT2D eigenvalue weighted by Gasteiger charge is -2.13. The van der Waals surface area contributed by atoms with Crippen molar-refractivity contribution in [2.24, 2.45) is 0 Å². The first-order valence-corrected chi connectivity index (χ1v) is 6.65. The Hall–Kier alpha value is -2.63. The minimum atomic E-state index is -0.406. The van der Waals surface area contributed by atoms with Gasteiger partial charge >= 0.3 is 0 Å². The van der Waals surface area contributed by atoms with Crippen LogP contribution in [0, 0.1) is 10.1 Å². The molecule has 0 atom stereocenters. The number of hydrogen-bond acceptors (Lipinski definition) is 5. The second kappa shape index (κ2) is 6.69. The lowest BCUT2D eigenvalue weighted by molar-refractivity contribution is -0.384. The van der Waals surface area contributed by atoms with Gasteiger partial charge in [0.05, 0.1) is 11.0 Å². The number of nitrogens with zero attached hydrogens (tertiary/aromatic N) is 2. The summed E-state index contributed by atoms with van der Waals surface area (Å²) >= 11 is 0. The van der Waals surface area contributed by atoms with Gasteiger partial charge in [0.25, 0.3) is 5.69 Å². The zero-order valence-electron chi connectivity index (χ0n) is 11.9. The summed E-state index contributed by atoms with van der Waals surface area (Å²) < 4.78 is 5.63. The largest absolute Gasteiger partial charge is 0.475 e. The van der Waals surface area contributed by atoms with Crippen LogP contribution in [-0.4, -0.2) is 16.0 Å². The van der Waals surface area contributed by atoms with Crippen molar-refractivity contribution in [3.8, 4) is 5.88 Å². The second-order valence-corrected chi connectivity index (χ2v) is 4.76. The zero-order chi connectivity index (χ0) is 15.2. The molecule has 1 heterocycles. The number of rotatable bonds is 6. The molecule has 0 unspecified atom stereocenters. The van der Waals surface area contributed by atoms with Gasteiger partial charge in [-0.15, -0.1) is 0 Å². The van der Waals surface area contributed by atoms with Gasteiger partial charge < -0.3 is 10.1 Å². The maximum Gasteiger partial charge on any atom is 0.292 e. The fourth-order valence-electron chi connectivity index (χ4n) is 1.86. The lowest BCUT2D eigenvalue weighted by Crippen LogP contribution is -2.11. The summed E-state index contributed by atoms with van der Waals surface area (Å²) in [6, 6.07) is 10.2. The second-order valence-electron chi connectivity index (χ2n) is 4.76. The van der Waals surface area contributed by atoms with Gasteiger partial charge in [-0.05, 0) is 26.0 Å². The monoisotopic (exact) mass is 287 g/mol. The number of nitro groups is 1. The summed E-state index contributed by atoms with van der Waals surface area (Å²) in [5.74, 6) is 0.540. The Morgan fingerprint density at radius 2 is 2.05 bits per heavy atom. The Morgan fingerprint density at radius 1 is 1.29 bits per heavy atom. The summed E-state index contributed by atoms with van der Waals surface area (Å²) in [7, 11) is 0. The first kappa shape index (κ1) is 14.8. The lowest BCUT2D eigenvalue weighted by atomic mass is 10.2. The third-order valence-corrected chi connectivity index (χ3v) is 2.77. The van der Waals surface area contributed by atoms with Crippen molar-refractivity contribution in [1.82, 2.24) is 4.98 Å². The van der Waals surface area contributed by atoms with Gasteiger partial charge in [-0.1, -0.05) is 18.2 Å². The van der Waals surface area contributed by atoms with Crippen molar-refractivity contribution in [3.05, 3.63) is 58.3 Å². The average molecular weight is 287 g/mol. The van der Waals surface area contributed by atoms with Crippen LogP contribution in [0.2, 0.25) is 0 Å². The molecule has 21 heavy (non-hydrogen) atoms. The Labute approximate surface area is 122 Å². The van der Waals surface area contributed by atoms with Crippen LogP contribution >= 0.6 is 0 Å². The van der Waals surface area contributed by atoms with E-state index < -0.39 is 4.92 Å². The Morgan fingerprint density at radius 3 is 2.76 bits per heavy atom. The highest BCUT2D eigenvalue weighted by Gasteiger charge is 2.13. The minimum Gasteiger partial charge on any atom is -0.475 e. The van der Waals surface area contributed by atoms with Crippen molar-refractivity contribution in [2.75, 3.05) is 5.32 Å². The Kier molecular flexibility index (Phi) is 4.71. The highest BCUT2D eigenvalue weighted by Crippen LogP contribution is 2.25. The van der Waals surface area contributed by atoms with E-state index in [2.05, 4.69) is 10.3 Å². The van der Waals surface area contributed by atoms with E-state index in [0.29, 0.717) is 18.1 Å². The van der Waals surface area contributed by atoms with Gasteiger partial charge in [0.15, 0.2) is 0 Å². The molecule has 1 N–H and O–H groups in total. The molecule has 2 aromatic rings. The van der Waals surface area contributed by atoms with Gasteiger partial charge in [-0.3, -0.25) is 10.1 Å². The summed E-state index contributed by atoms with van der Waals surface area (Å²) in [5, 5.41) is 14.0. The minimum absolute atomic E-state index is 0.0183. The van der Waals surface area contributed by atoms with Crippen molar-refractivity contribution in [2.45, 2.75) is 26.5 Å². The highest BCUT2D eigenvalue weighted by molar-refractivity contribution is 5.61. The molecule has 6 nitrogen and oxygen atoms in total. The van der Waals surface area contributed by atoms with Crippen LogP contribution in [0.15, 0.2) is 42.6 Å². The van der Waals surface area contributed by atoms with Crippen LogP contribution < -0.4 is 10.1 Å². The molecule has 0 bridgehead atoms. The third-order valence-electron chi connectivity index (χ3n) is 2.77. The van der Waals surface area contributed by atoms with Gasteiger partial charge in [0.1, 0.15) is 5.69 Å². The molecule has 0 spiro atoms. The van der Waals surface area contributed by atoms with Crippen LogP contribution in [0.5, 0.6) is 5.88 Å². The van der Waals surface area contributed by atoms with Gasteiger partial charge in [-0.25, -0.2) is 4.98 Å². The third kappa shape index (κ3) is 3.92. The number of nitrogens with one attached hydrogen (secondary N) is 1. The number of hydrogen-bond donors (Lipinski definition) is 1. The molecule has 2 rings (SSSR count). The number of para-hydroxylation sites is 2. The molecule has 1 aromatic heterocycles. The molecular weight excluding hydrogens is 270 g/mol. The van der Waals surface area contributed by atoms with Crippen molar-refractivity contribution >= 4 is 11.4 Å². The molecule has 0 aliphatic heterocycles. The number of aromatic nitrogens is 1. The van der Waals surface area contributed by atoms with E-state index in [1.807, 2.05) is 26.0 Å². The molecule has 0 aliphatic carbocycles. The summed E-state index contributed by atoms with van der Waals surface area (Å²) in [6.45, 7) is 4.25. The van der Waals surface area contributed by atoms with Crippen LogP contribution in [0.4, 0.5) is 11.4 Å².